The molecule has 0 spiro atoms. The first kappa shape index (κ1) is 14.6. The Bertz CT molecular complexity index is 897. The van der Waals surface area contributed by atoms with Gasteiger partial charge in [-0.1, -0.05) is 24.3 Å². The second-order valence-electron chi connectivity index (χ2n) is 4.76. The molecule has 3 rings (SSSR count). The fourth-order valence-corrected chi connectivity index (χ4v) is 2.33. The molecule has 6 heteroatoms. The number of rotatable bonds is 4. The Morgan fingerprint density at radius 3 is 2.52 bits per heavy atom. The highest BCUT2D eigenvalue weighted by atomic mass is 16.5. The number of nitrogens with one attached hydrogen (secondary N) is 1. The number of aromatic carboxylic acids is 1. The predicted octanol–water partition coefficient (Wildman–Crippen LogP) is 3.39. The van der Waals surface area contributed by atoms with Crippen molar-refractivity contribution >= 4 is 28.5 Å². The van der Waals surface area contributed by atoms with Crippen molar-refractivity contribution in [3.05, 3.63) is 59.9 Å². The molecular formula is C17H13NO5. The Balaban J connectivity index is 2.05. The number of carboxylic acids is 1. The molecule has 0 bridgehead atoms. The molecule has 0 atom stereocenters. The number of carbonyl (C=O) groups is 2. The van der Waals surface area contributed by atoms with Crippen LogP contribution in [0.15, 0.2) is 52.9 Å². The molecule has 23 heavy (non-hydrogen) atoms. The number of hydrogen-bond acceptors (Lipinski definition) is 4. The maximum atomic E-state index is 12.5. The average molecular weight is 311 g/mol. The number of methoxy groups -OCH3 is 1. The maximum absolute atomic E-state index is 12.5. The normalized spacial score (nSPS) is 10.5. The highest BCUT2D eigenvalue weighted by Gasteiger charge is 2.22. The van der Waals surface area contributed by atoms with Crippen molar-refractivity contribution in [1.82, 2.24) is 0 Å². The predicted molar refractivity (Wildman–Crippen MR) is 84.1 cm³/mol. The average Bonchev–Trinajstić information content (AvgIpc) is 2.94. The van der Waals surface area contributed by atoms with Crippen molar-refractivity contribution in [2.24, 2.45) is 0 Å². The molecule has 1 aromatic heterocycles. The molecule has 116 valence electrons. The van der Waals surface area contributed by atoms with E-state index in [4.69, 9.17) is 9.15 Å². The lowest BCUT2D eigenvalue weighted by atomic mass is 10.1. The summed E-state index contributed by atoms with van der Waals surface area (Å²) in [6, 6.07) is 13.5. The molecule has 2 N–H and O–H groups in total. The molecule has 1 heterocycles. The standard InChI is InChI=1S/C17H13NO5/c1-22-12-8-4-3-7-11(12)16(19)18-14-10-6-2-5-9-13(10)23-15(14)17(20)21/h2-9H,1H3,(H,18,19)(H,20,21). The van der Waals surface area contributed by atoms with Gasteiger partial charge in [0.15, 0.2) is 0 Å². The van der Waals surface area contributed by atoms with E-state index in [0.717, 1.165) is 0 Å². The Morgan fingerprint density at radius 1 is 1.09 bits per heavy atom. The van der Waals surface area contributed by atoms with Gasteiger partial charge in [0.2, 0.25) is 5.76 Å². The number of hydrogen-bond donors (Lipinski definition) is 2. The van der Waals surface area contributed by atoms with Crippen LogP contribution in [0.25, 0.3) is 11.0 Å². The first-order valence-electron chi connectivity index (χ1n) is 6.81. The number of ether oxygens (including phenoxy) is 1. The summed E-state index contributed by atoms with van der Waals surface area (Å²) in [6.45, 7) is 0. The number of amides is 1. The van der Waals surface area contributed by atoms with Crippen LogP contribution in [0.4, 0.5) is 5.69 Å². The quantitative estimate of drug-likeness (QED) is 0.771. The van der Waals surface area contributed by atoms with Gasteiger partial charge >= 0.3 is 5.97 Å². The van der Waals surface area contributed by atoms with Crippen LogP contribution in [-0.4, -0.2) is 24.1 Å². The fourth-order valence-electron chi connectivity index (χ4n) is 2.33. The summed E-state index contributed by atoms with van der Waals surface area (Å²) in [5.41, 5.74) is 0.820. The van der Waals surface area contributed by atoms with Crippen molar-refractivity contribution in [2.45, 2.75) is 0 Å². The third kappa shape index (κ3) is 2.62. The summed E-state index contributed by atoms with van der Waals surface area (Å²) in [5, 5.41) is 12.4. The number of carbonyl (C=O) groups excluding carboxylic acids is 1. The Labute approximate surface area is 131 Å². The molecule has 0 unspecified atom stereocenters. The number of benzene rings is 2. The van der Waals surface area contributed by atoms with Crippen LogP contribution in [0.1, 0.15) is 20.9 Å². The Hall–Kier alpha value is -3.28. The van der Waals surface area contributed by atoms with E-state index >= 15 is 0 Å². The number of anilines is 1. The first-order valence-corrected chi connectivity index (χ1v) is 6.81. The lowest BCUT2D eigenvalue weighted by Gasteiger charge is -2.08. The van der Waals surface area contributed by atoms with E-state index in [1.165, 1.54) is 7.11 Å². The highest BCUT2D eigenvalue weighted by molar-refractivity contribution is 6.14. The molecule has 0 aliphatic carbocycles. The third-order valence-corrected chi connectivity index (χ3v) is 3.38. The number of carboxylic acid groups (broad SMARTS) is 1. The van der Waals surface area contributed by atoms with E-state index in [-0.39, 0.29) is 11.4 Å². The van der Waals surface area contributed by atoms with Crippen LogP contribution in [0, 0.1) is 0 Å². The number of fused-ring (bicyclic) bond motifs is 1. The van der Waals surface area contributed by atoms with E-state index in [9.17, 15) is 14.7 Å². The van der Waals surface area contributed by atoms with Crippen LogP contribution >= 0.6 is 0 Å². The molecular weight excluding hydrogens is 298 g/mol. The second-order valence-corrected chi connectivity index (χ2v) is 4.76. The molecule has 0 aliphatic rings. The van der Waals surface area contributed by atoms with Crippen molar-refractivity contribution in [3.63, 3.8) is 0 Å². The molecule has 3 aromatic rings. The van der Waals surface area contributed by atoms with E-state index in [2.05, 4.69) is 5.32 Å². The van der Waals surface area contributed by atoms with E-state index in [1.54, 1.807) is 48.5 Å². The fraction of sp³-hybridized carbons (Fsp3) is 0.0588. The summed E-state index contributed by atoms with van der Waals surface area (Å²) < 4.78 is 10.5. The van der Waals surface area contributed by atoms with Gasteiger partial charge in [0, 0.05) is 5.39 Å². The van der Waals surface area contributed by atoms with Crippen LogP contribution in [0.3, 0.4) is 0 Å². The van der Waals surface area contributed by atoms with E-state index in [1.807, 2.05) is 0 Å². The highest BCUT2D eigenvalue weighted by Crippen LogP contribution is 2.31. The summed E-state index contributed by atoms with van der Waals surface area (Å²) >= 11 is 0. The van der Waals surface area contributed by atoms with Gasteiger partial charge in [0.05, 0.1) is 12.7 Å². The number of furan rings is 1. The van der Waals surface area contributed by atoms with E-state index < -0.39 is 11.9 Å². The second kappa shape index (κ2) is 5.84. The molecule has 0 saturated heterocycles. The van der Waals surface area contributed by atoms with Gasteiger partial charge in [0.1, 0.15) is 17.0 Å². The van der Waals surface area contributed by atoms with Crippen LogP contribution in [0.2, 0.25) is 0 Å². The first-order chi connectivity index (χ1) is 11.1. The van der Waals surface area contributed by atoms with Gasteiger partial charge < -0.3 is 19.6 Å². The van der Waals surface area contributed by atoms with E-state index in [0.29, 0.717) is 22.3 Å². The smallest absolute Gasteiger partial charge is 0.374 e. The Morgan fingerprint density at radius 2 is 1.78 bits per heavy atom. The summed E-state index contributed by atoms with van der Waals surface area (Å²) in [4.78, 5) is 23.8. The summed E-state index contributed by atoms with van der Waals surface area (Å²) in [5.74, 6) is -1.64. The monoisotopic (exact) mass is 311 g/mol. The van der Waals surface area contributed by atoms with Crippen LogP contribution in [-0.2, 0) is 0 Å². The molecule has 0 aliphatic heterocycles. The summed E-state index contributed by atoms with van der Waals surface area (Å²) in [7, 11) is 1.46. The van der Waals surface area contributed by atoms with Crippen LogP contribution < -0.4 is 10.1 Å². The van der Waals surface area contributed by atoms with Crippen molar-refractivity contribution in [1.29, 1.82) is 0 Å². The van der Waals surface area contributed by atoms with Gasteiger partial charge in [-0.15, -0.1) is 0 Å². The minimum atomic E-state index is -1.25. The molecule has 0 saturated carbocycles. The minimum absolute atomic E-state index is 0.129. The molecule has 0 fully saturated rings. The zero-order valence-electron chi connectivity index (χ0n) is 12.2. The van der Waals surface area contributed by atoms with Crippen molar-refractivity contribution in [3.8, 4) is 5.75 Å². The van der Waals surface area contributed by atoms with Gasteiger partial charge in [-0.3, -0.25) is 4.79 Å². The molecule has 6 nitrogen and oxygen atoms in total. The van der Waals surface area contributed by atoms with Crippen molar-refractivity contribution in [2.75, 3.05) is 12.4 Å². The van der Waals surface area contributed by atoms with Crippen molar-refractivity contribution < 1.29 is 23.8 Å². The zero-order chi connectivity index (χ0) is 16.4. The minimum Gasteiger partial charge on any atom is -0.496 e. The Kier molecular flexibility index (Phi) is 3.72. The zero-order valence-corrected chi connectivity index (χ0v) is 12.2. The number of para-hydroxylation sites is 2. The van der Waals surface area contributed by atoms with Gasteiger partial charge in [-0.2, -0.15) is 0 Å². The SMILES string of the molecule is COc1ccccc1C(=O)Nc1c(C(=O)O)oc2ccccc12. The van der Waals surface area contributed by atoms with Crippen LogP contribution in [0.5, 0.6) is 5.75 Å². The van der Waals surface area contributed by atoms with Gasteiger partial charge in [-0.05, 0) is 24.3 Å². The topological polar surface area (TPSA) is 88.8 Å². The molecule has 2 aromatic carbocycles. The summed E-state index contributed by atoms with van der Waals surface area (Å²) in [6.07, 6.45) is 0. The third-order valence-electron chi connectivity index (χ3n) is 3.38. The molecule has 0 radical (unpaired) electrons. The lowest BCUT2D eigenvalue weighted by Crippen LogP contribution is -2.14. The maximum Gasteiger partial charge on any atom is 0.374 e. The van der Waals surface area contributed by atoms with Gasteiger partial charge in [-0.25, -0.2) is 4.79 Å². The molecule has 1 amide bonds. The van der Waals surface area contributed by atoms with Gasteiger partial charge in [0.25, 0.3) is 5.91 Å². The largest absolute Gasteiger partial charge is 0.496 e. The lowest BCUT2D eigenvalue weighted by molar-refractivity contribution is 0.0666.